The summed E-state index contributed by atoms with van der Waals surface area (Å²) in [7, 11) is 0. The number of nitrogens with zero attached hydrogens (tertiary/aromatic N) is 2. The third kappa shape index (κ3) is 4.90. The van der Waals surface area contributed by atoms with Crippen LogP contribution in [0.15, 0.2) is 36.7 Å². The van der Waals surface area contributed by atoms with E-state index in [2.05, 4.69) is 10.6 Å². The van der Waals surface area contributed by atoms with Crippen molar-refractivity contribution in [2.24, 2.45) is 11.7 Å². The molecule has 1 saturated heterocycles. The molecule has 12 heteroatoms. The van der Waals surface area contributed by atoms with E-state index in [1.807, 2.05) is 0 Å². The molecule has 0 unspecified atom stereocenters. The summed E-state index contributed by atoms with van der Waals surface area (Å²) in [6.45, 7) is 1.37. The van der Waals surface area contributed by atoms with Crippen molar-refractivity contribution in [1.29, 1.82) is 5.41 Å². The first-order valence-corrected chi connectivity index (χ1v) is 11.4. The molecule has 0 radical (unpaired) electrons. The maximum absolute atomic E-state index is 14.4. The molecule has 2 aliphatic rings. The number of anilines is 1. The average Bonchev–Trinajstić information content (AvgIpc) is 3.47. The Morgan fingerprint density at radius 3 is 2.80 bits per heavy atom. The highest BCUT2D eigenvalue weighted by molar-refractivity contribution is 6.44. The van der Waals surface area contributed by atoms with Crippen molar-refractivity contribution < 1.29 is 23.5 Å². The van der Waals surface area contributed by atoms with E-state index in [9.17, 15) is 24.0 Å². The molecule has 0 spiro atoms. The summed E-state index contributed by atoms with van der Waals surface area (Å²) >= 11 is 5.85. The second-order valence-corrected chi connectivity index (χ2v) is 9.12. The van der Waals surface area contributed by atoms with Gasteiger partial charge in [0.1, 0.15) is 23.3 Å². The van der Waals surface area contributed by atoms with Crippen LogP contribution in [0.3, 0.4) is 0 Å². The van der Waals surface area contributed by atoms with Gasteiger partial charge in [0.25, 0.3) is 5.91 Å². The third-order valence-corrected chi connectivity index (χ3v) is 6.67. The maximum atomic E-state index is 14.4. The summed E-state index contributed by atoms with van der Waals surface area (Å²) in [6.07, 6.45) is 3.49. The van der Waals surface area contributed by atoms with E-state index in [4.69, 9.17) is 22.7 Å². The summed E-state index contributed by atoms with van der Waals surface area (Å²) in [6, 6.07) is 4.36. The molecule has 35 heavy (non-hydrogen) atoms. The van der Waals surface area contributed by atoms with Crippen molar-refractivity contribution in [3.63, 3.8) is 0 Å². The minimum Gasteiger partial charge on any atom is -0.619 e. The van der Waals surface area contributed by atoms with Crippen molar-refractivity contribution in [1.82, 2.24) is 10.2 Å². The summed E-state index contributed by atoms with van der Waals surface area (Å²) in [4.78, 5) is 39.1. The van der Waals surface area contributed by atoms with Crippen LogP contribution >= 0.6 is 11.6 Å². The molecule has 10 nitrogen and oxygen atoms in total. The highest BCUT2D eigenvalue weighted by Crippen LogP contribution is 2.48. The highest BCUT2D eigenvalue weighted by Gasteiger charge is 2.56. The van der Waals surface area contributed by atoms with Gasteiger partial charge in [-0.05, 0) is 31.7 Å². The Hall–Kier alpha value is -3.73. The van der Waals surface area contributed by atoms with Gasteiger partial charge >= 0.3 is 0 Å². The number of primary amides is 1. The van der Waals surface area contributed by atoms with Gasteiger partial charge in [0.05, 0.1) is 17.6 Å². The number of carbonyl (C=O) groups excluding carboxylic acids is 3. The number of nitrogens with one attached hydrogen (secondary N) is 3. The molecular weight excluding hydrogens is 479 g/mol. The summed E-state index contributed by atoms with van der Waals surface area (Å²) < 4.78 is 14.8. The molecule has 4 rings (SSSR count). The quantitative estimate of drug-likeness (QED) is 0.243. The predicted molar refractivity (Wildman–Crippen MR) is 125 cm³/mol. The van der Waals surface area contributed by atoms with Gasteiger partial charge in [-0.25, -0.2) is 4.39 Å². The van der Waals surface area contributed by atoms with Crippen LogP contribution in [-0.4, -0.2) is 47.0 Å². The molecule has 3 amide bonds. The number of carbonyl (C=O) groups is 3. The van der Waals surface area contributed by atoms with Gasteiger partial charge in [0.2, 0.25) is 18.0 Å². The molecule has 2 aromatic rings. The Labute approximate surface area is 205 Å². The number of amides is 3. The van der Waals surface area contributed by atoms with Gasteiger partial charge < -0.3 is 26.5 Å². The number of piperidine rings is 1. The van der Waals surface area contributed by atoms with E-state index < -0.39 is 35.4 Å². The van der Waals surface area contributed by atoms with Crippen molar-refractivity contribution in [3.8, 4) is 0 Å². The highest BCUT2D eigenvalue weighted by atomic mass is 35.5. The molecule has 5 N–H and O–H groups in total. The smallest absolute Gasteiger partial charge is 0.267 e. The molecular formula is C23H24ClFN6O4. The predicted octanol–water partition coefficient (Wildman–Crippen LogP) is 1.24. The lowest BCUT2D eigenvalue weighted by molar-refractivity contribution is -0.604. The number of aromatic nitrogens is 1. The molecule has 1 saturated carbocycles. The fourth-order valence-electron chi connectivity index (χ4n) is 4.52. The minimum atomic E-state index is -0.981. The van der Waals surface area contributed by atoms with Gasteiger partial charge in [0.15, 0.2) is 6.20 Å². The first kappa shape index (κ1) is 24.4. The second-order valence-electron chi connectivity index (χ2n) is 8.71. The Morgan fingerprint density at radius 1 is 1.34 bits per heavy atom. The molecule has 184 valence electrons. The number of rotatable bonds is 8. The van der Waals surface area contributed by atoms with Crippen molar-refractivity contribution in [2.45, 2.75) is 37.9 Å². The molecule has 2 fully saturated rings. The lowest BCUT2D eigenvalue weighted by Gasteiger charge is -2.28. The van der Waals surface area contributed by atoms with Crippen molar-refractivity contribution in [3.05, 3.63) is 63.8 Å². The Bertz CT molecular complexity index is 1220. The van der Waals surface area contributed by atoms with Crippen LogP contribution in [-0.2, 0) is 14.4 Å². The number of likely N-dealkylation sites (tertiary alicyclic amines) is 1. The Kier molecular flexibility index (Phi) is 6.62. The number of pyridine rings is 1. The number of fused-ring (bicyclic) bond motifs is 1. The number of hydrogen-bond donors (Lipinski definition) is 4. The van der Waals surface area contributed by atoms with Gasteiger partial charge in [0, 0.05) is 23.2 Å². The SMILES string of the molecule is C[C@@H](NC(=O)[C@@H]1C[C@H]2C[C@H]2N1C(=O)CNc1c[n+]([O-])ccc1C(=N)C(N)=O)c1cccc(Cl)c1F. The number of halogens is 2. The molecule has 1 aliphatic heterocycles. The molecule has 1 aromatic carbocycles. The van der Waals surface area contributed by atoms with E-state index in [0.717, 1.165) is 18.8 Å². The van der Waals surface area contributed by atoms with E-state index in [1.165, 1.54) is 23.1 Å². The van der Waals surface area contributed by atoms with Gasteiger partial charge in [-0.15, -0.1) is 0 Å². The van der Waals surface area contributed by atoms with Crippen LogP contribution in [0.25, 0.3) is 0 Å². The van der Waals surface area contributed by atoms with E-state index >= 15 is 0 Å². The van der Waals surface area contributed by atoms with Crippen molar-refractivity contribution in [2.75, 3.05) is 11.9 Å². The summed E-state index contributed by atoms with van der Waals surface area (Å²) in [5.74, 6) is -2.15. The van der Waals surface area contributed by atoms with Gasteiger partial charge in [-0.1, -0.05) is 23.7 Å². The number of benzene rings is 1. The second kappa shape index (κ2) is 9.49. The molecule has 0 bridgehead atoms. The Balaban J connectivity index is 1.45. The van der Waals surface area contributed by atoms with E-state index in [-0.39, 0.29) is 46.2 Å². The normalized spacial score (nSPS) is 21.1. The van der Waals surface area contributed by atoms with Gasteiger partial charge in [-0.2, -0.15) is 4.73 Å². The van der Waals surface area contributed by atoms with Crippen LogP contribution in [0.5, 0.6) is 0 Å². The van der Waals surface area contributed by atoms with Crippen LogP contribution in [0.1, 0.15) is 36.9 Å². The maximum Gasteiger partial charge on any atom is 0.267 e. The van der Waals surface area contributed by atoms with Crippen LogP contribution in [0, 0.1) is 22.4 Å². The Morgan fingerprint density at radius 2 is 2.09 bits per heavy atom. The lowest BCUT2D eigenvalue weighted by Crippen LogP contribution is -2.50. The fourth-order valence-corrected chi connectivity index (χ4v) is 4.70. The van der Waals surface area contributed by atoms with Gasteiger partial charge in [-0.3, -0.25) is 19.8 Å². The zero-order valence-electron chi connectivity index (χ0n) is 18.8. The van der Waals surface area contributed by atoms with Crippen LogP contribution in [0.2, 0.25) is 5.02 Å². The summed E-state index contributed by atoms with van der Waals surface area (Å²) in [5.41, 5.74) is 5.08. The van der Waals surface area contributed by atoms with Crippen LogP contribution < -0.4 is 21.1 Å². The monoisotopic (exact) mass is 502 g/mol. The fraction of sp³-hybridized carbons (Fsp3) is 0.348. The minimum absolute atomic E-state index is 0.0438. The summed E-state index contributed by atoms with van der Waals surface area (Å²) in [5, 5.41) is 25.1. The lowest BCUT2D eigenvalue weighted by atomic mass is 10.1. The molecule has 1 aromatic heterocycles. The van der Waals surface area contributed by atoms with E-state index in [1.54, 1.807) is 13.0 Å². The zero-order chi connectivity index (χ0) is 25.4. The van der Waals surface area contributed by atoms with Crippen molar-refractivity contribution >= 4 is 40.7 Å². The molecule has 1 aliphatic carbocycles. The largest absolute Gasteiger partial charge is 0.619 e. The average molecular weight is 503 g/mol. The zero-order valence-corrected chi connectivity index (χ0v) is 19.5. The third-order valence-electron chi connectivity index (χ3n) is 6.38. The first-order chi connectivity index (χ1) is 16.6. The molecule has 2 heterocycles. The number of hydrogen-bond acceptors (Lipinski definition) is 6. The topological polar surface area (TPSA) is 155 Å². The van der Waals surface area contributed by atoms with Crippen LogP contribution in [0.4, 0.5) is 10.1 Å². The standard InChI is InChI=1S/C23H24ClFN6O4/c1-11(13-3-2-4-15(24)20(13)25)29-23(34)18-8-12-7-17(12)31(18)19(32)9-28-16-10-30(35)6-5-14(16)21(26)22(27)33/h2-6,10-12,17-18,26,28H,7-9H2,1H3,(H2,27,33)(H,29,34)/t11-,12-,17-,18+/m1/s1. The first-order valence-electron chi connectivity index (χ1n) is 11.0. The number of nitrogens with two attached hydrogens (primary N) is 1. The van der Waals surface area contributed by atoms with E-state index in [0.29, 0.717) is 11.2 Å². The molecule has 4 atom stereocenters.